The maximum atomic E-state index is 11.1. The van der Waals surface area contributed by atoms with Crippen LogP contribution in [0.1, 0.15) is 6.92 Å². The van der Waals surface area contributed by atoms with Crippen molar-refractivity contribution in [3.63, 3.8) is 0 Å². The highest BCUT2D eigenvalue weighted by Crippen LogP contribution is 1.76. The molecule has 1 rings (SSSR count). The van der Waals surface area contributed by atoms with Gasteiger partial charge in [0.05, 0.1) is 6.61 Å². The van der Waals surface area contributed by atoms with Crippen LogP contribution in [0.3, 0.4) is 0 Å². The lowest BCUT2D eigenvalue weighted by molar-refractivity contribution is -0.144. The van der Waals surface area contributed by atoms with Crippen LogP contribution in [0.2, 0.25) is 0 Å². The maximum absolute atomic E-state index is 11.1. The van der Waals surface area contributed by atoms with Gasteiger partial charge in [0.15, 0.2) is 6.67 Å². The first-order valence-corrected chi connectivity index (χ1v) is 3.60. The van der Waals surface area contributed by atoms with Crippen molar-refractivity contribution in [1.82, 2.24) is 4.98 Å². The molecule has 0 spiro atoms. The molecule has 0 fully saturated rings. The standard InChI is InChI=1S/C4H7FO2.C4H5N/c1-2-7-4(6)3-5;1-2-4-5-3-1/h2-3H2,1H3;1-5H. The van der Waals surface area contributed by atoms with Crippen molar-refractivity contribution in [1.29, 1.82) is 0 Å². The van der Waals surface area contributed by atoms with Crippen LogP contribution in [-0.2, 0) is 9.53 Å². The van der Waals surface area contributed by atoms with E-state index in [1.807, 2.05) is 24.5 Å². The molecule has 3 nitrogen and oxygen atoms in total. The number of aromatic amines is 1. The molecule has 0 radical (unpaired) electrons. The first-order chi connectivity index (χ1) is 5.81. The largest absolute Gasteiger partial charge is 0.464 e. The van der Waals surface area contributed by atoms with Crippen molar-refractivity contribution in [2.24, 2.45) is 0 Å². The van der Waals surface area contributed by atoms with Crippen LogP contribution in [-0.4, -0.2) is 24.2 Å². The van der Waals surface area contributed by atoms with Crippen molar-refractivity contribution >= 4 is 5.97 Å². The number of rotatable bonds is 2. The van der Waals surface area contributed by atoms with E-state index in [0.29, 0.717) is 0 Å². The van der Waals surface area contributed by atoms with Gasteiger partial charge in [0.1, 0.15) is 0 Å². The number of hydrogen-bond donors (Lipinski definition) is 1. The van der Waals surface area contributed by atoms with Crippen molar-refractivity contribution in [2.45, 2.75) is 6.92 Å². The van der Waals surface area contributed by atoms with Crippen molar-refractivity contribution in [3.05, 3.63) is 24.5 Å². The Labute approximate surface area is 70.5 Å². The van der Waals surface area contributed by atoms with E-state index in [1.165, 1.54) is 0 Å². The Balaban J connectivity index is 0.000000211. The van der Waals surface area contributed by atoms with Crippen LogP contribution in [0, 0.1) is 0 Å². The molecule has 0 bridgehead atoms. The molecule has 4 heteroatoms. The molecule has 0 amide bonds. The number of halogens is 1. The SMILES string of the molecule is CCOC(=O)CF.c1cc[nH]c1. The first-order valence-electron chi connectivity index (χ1n) is 3.60. The van der Waals surface area contributed by atoms with Crippen LogP contribution in [0.4, 0.5) is 4.39 Å². The van der Waals surface area contributed by atoms with Gasteiger partial charge in [0.2, 0.25) is 0 Å². The Morgan fingerprint density at radius 2 is 2.08 bits per heavy atom. The highest BCUT2D eigenvalue weighted by atomic mass is 19.1. The summed E-state index contributed by atoms with van der Waals surface area (Å²) < 4.78 is 15.3. The van der Waals surface area contributed by atoms with Crippen LogP contribution in [0.15, 0.2) is 24.5 Å². The summed E-state index contributed by atoms with van der Waals surface area (Å²) in [6.45, 7) is 0.865. The monoisotopic (exact) mass is 173 g/mol. The molecule has 12 heavy (non-hydrogen) atoms. The molecule has 0 aliphatic heterocycles. The lowest BCUT2D eigenvalue weighted by Gasteiger charge is -1.92. The molecule has 1 heterocycles. The summed E-state index contributed by atoms with van der Waals surface area (Å²) in [6.07, 6.45) is 3.75. The van der Waals surface area contributed by atoms with Crippen molar-refractivity contribution in [3.8, 4) is 0 Å². The number of carbonyl (C=O) groups is 1. The molecule has 0 saturated carbocycles. The van der Waals surface area contributed by atoms with Gasteiger partial charge in [-0.1, -0.05) is 0 Å². The molecule has 1 aromatic rings. The zero-order chi connectivity index (χ0) is 9.23. The predicted octanol–water partition coefficient (Wildman–Crippen LogP) is 1.53. The predicted molar refractivity (Wildman–Crippen MR) is 43.4 cm³/mol. The van der Waals surface area contributed by atoms with Crippen LogP contribution < -0.4 is 0 Å². The molecular weight excluding hydrogens is 161 g/mol. The Hall–Kier alpha value is -1.32. The van der Waals surface area contributed by atoms with E-state index in [1.54, 1.807) is 6.92 Å². The molecule has 0 aliphatic rings. The van der Waals surface area contributed by atoms with Gasteiger partial charge in [-0.3, -0.25) is 0 Å². The summed E-state index contributed by atoms with van der Waals surface area (Å²) in [7, 11) is 0. The molecular formula is C8H12FNO2. The van der Waals surface area contributed by atoms with Crippen LogP contribution in [0.25, 0.3) is 0 Å². The van der Waals surface area contributed by atoms with E-state index < -0.39 is 12.6 Å². The highest BCUT2D eigenvalue weighted by molar-refractivity contribution is 5.70. The summed E-state index contributed by atoms with van der Waals surface area (Å²) in [5.41, 5.74) is 0. The number of ether oxygens (including phenoxy) is 1. The normalized spacial score (nSPS) is 8.17. The van der Waals surface area contributed by atoms with E-state index in [-0.39, 0.29) is 6.61 Å². The third-order valence-electron chi connectivity index (χ3n) is 0.910. The number of aromatic nitrogens is 1. The Bertz CT molecular complexity index is 170. The van der Waals surface area contributed by atoms with E-state index in [4.69, 9.17) is 0 Å². The smallest absolute Gasteiger partial charge is 0.337 e. The fraction of sp³-hybridized carbons (Fsp3) is 0.375. The Morgan fingerprint density at radius 1 is 1.50 bits per heavy atom. The van der Waals surface area contributed by atoms with Crippen molar-refractivity contribution in [2.75, 3.05) is 13.3 Å². The van der Waals surface area contributed by atoms with Gasteiger partial charge < -0.3 is 9.72 Å². The Morgan fingerprint density at radius 3 is 2.25 bits per heavy atom. The van der Waals surface area contributed by atoms with E-state index in [9.17, 15) is 9.18 Å². The minimum absolute atomic E-state index is 0.253. The van der Waals surface area contributed by atoms with Gasteiger partial charge in [-0.25, -0.2) is 9.18 Å². The second-order valence-electron chi connectivity index (χ2n) is 1.82. The Kier molecular flexibility index (Phi) is 6.93. The van der Waals surface area contributed by atoms with Crippen LogP contribution >= 0.6 is 0 Å². The number of carbonyl (C=O) groups excluding carboxylic acids is 1. The van der Waals surface area contributed by atoms with E-state index in [0.717, 1.165) is 0 Å². The summed E-state index contributed by atoms with van der Waals surface area (Å²) in [5, 5.41) is 0. The van der Waals surface area contributed by atoms with Gasteiger partial charge in [-0.2, -0.15) is 0 Å². The molecule has 0 atom stereocenters. The second kappa shape index (κ2) is 7.78. The molecule has 1 N–H and O–H groups in total. The van der Waals surface area contributed by atoms with E-state index in [2.05, 4.69) is 9.72 Å². The third-order valence-corrected chi connectivity index (χ3v) is 0.910. The minimum atomic E-state index is -1.02. The van der Waals surface area contributed by atoms with Gasteiger partial charge >= 0.3 is 5.97 Å². The quantitative estimate of drug-likeness (QED) is 0.689. The number of alkyl halides is 1. The number of H-pyrrole nitrogens is 1. The number of esters is 1. The van der Waals surface area contributed by atoms with Gasteiger partial charge in [0, 0.05) is 12.4 Å². The highest BCUT2D eigenvalue weighted by Gasteiger charge is 1.94. The zero-order valence-corrected chi connectivity index (χ0v) is 6.92. The molecule has 68 valence electrons. The summed E-state index contributed by atoms with van der Waals surface area (Å²) in [4.78, 5) is 12.7. The van der Waals surface area contributed by atoms with Crippen LogP contribution in [0.5, 0.6) is 0 Å². The fourth-order valence-corrected chi connectivity index (χ4v) is 0.477. The fourth-order valence-electron chi connectivity index (χ4n) is 0.477. The molecule has 0 aromatic carbocycles. The third kappa shape index (κ3) is 6.80. The summed E-state index contributed by atoms with van der Waals surface area (Å²) in [6, 6.07) is 3.89. The zero-order valence-electron chi connectivity index (χ0n) is 6.92. The average Bonchev–Trinajstić information content (AvgIpc) is 2.62. The van der Waals surface area contributed by atoms with Gasteiger partial charge in [0.25, 0.3) is 0 Å². The topological polar surface area (TPSA) is 42.1 Å². The lowest BCUT2D eigenvalue weighted by Crippen LogP contribution is -2.04. The van der Waals surface area contributed by atoms with Gasteiger partial charge in [-0.05, 0) is 19.1 Å². The van der Waals surface area contributed by atoms with E-state index >= 15 is 0 Å². The second-order valence-corrected chi connectivity index (χ2v) is 1.82. The number of hydrogen-bond acceptors (Lipinski definition) is 2. The minimum Gasteiger partial charge on any atom is -0.464 e. The average molecular weight is 173 g/mol. The lowest BCUT2D eigenvalue weighted by atomic mass is 10.7. The molecule has 1 aromatic heterocycles. The molecule has 0 aliphatic carbocycles. The van der Waals surface area contributed by atoms with Gasteiger partial charge in [-0.15, -0.1) is 0 Å². The first kappa shape index (κ1) is 10.7. The number of nitrogens with one attached hydrogen (secondary N) is 1. The molecule has 0 saturated heterocycles. The van der Waals surface area contributed by atoms with Crippen molar-refractivity contribution < 1.29 is 13.9 Å². The summed E-state index contributed by atoms with van der Waals surface area (Å²) in [5.74, 6) is -0.789. The maximum Gasteiger partial charge on any atom is 0.337 e. The summed E-state index contributed by atoms with van der Waals surface area (Å²) >= 11 is 0. The molecule has 0 unspecified atom stereocenters.